The molecule has 0 atom stereocenters. The highest BCUT2D eigenvalue weighted by Gasteiger charge is 2.07. The van der Waals surface area contributed by atoms with E-state index >= 15 is 0 Å². The molecular weight excluding hydrogens is 438 g/mol. The number of hydrogen-bond donors (Lipinski definition) is 2. The fraction of sp³-hybridized carbons (Fsp3) is 0.176. The van der Waals surface area contributed by atoms with Crippen molar-refractivity contribution in [3.8, 4) is 5.75 Å². The lowest BCUT2D eigenvalue weighted by Gasteiger charge is -2.11. The van der Waals surface area contributed by atoms with Gasteiger partial charge >= 0.3 is 0 Å². The number of ether oxygens (including phenoxy) is 1. The maximum absolute atomic E-state index is 11.9. The van der Waals surface area contributed by atoms with Gasteiger partial charge in [0.2, 0.25) is 5.91 Å². The van der Waals surface area contributed by atoms with Crippen LogP contribution in [0.15, 0.2) is 36.4 Å². The fourth-order valence-electron chi connectivity index (χ4n) is 1.93. The Morgan fingerprint density at radius 3 is 2.46 bits per heavy atom. The normalized spacial score (nSPS) is 10.3. The second-order valence-electron chi connectivity index (χ2n) is 5.16. The number of hydrogen-bond acceptors (Lipinski definition) is 3. The van der Waals surface area contributed by atoms with E-state index in [0.717, 1.165) is 0 Å². The maximum Gasteiger partial charge on any atom is 0.226 e. The summed E-state index contributed by atoms with van der Waals surface area (Å²) in [5.74, 6) is 0.293. The molecule has 0 aliphatic rings. The molecule has 0 saturated heterocycles. The summed E-state index contributed by atoms with van der Waals surface area (Å²) < 4.78 is 5.52. The van der Waals surface area contributed by atoms with Gasteiger partial charge in [-0.25, -0.2) is 0 Å². The number of halogens is 4. The van der Waals surface area contributed by atoms with Crippen molar-refractivity contribution >= 4 is 75.3 Å². The zero-order chi connectivity index (χ0) is 19.1. The largest absolute Gasteiger partial charge is 0.492 e. The first-order valence-corrected chi connectivity index (χ1v) is 9.41. The van der Waals surface area contributed by atoms with Gasteiger partial charge in [0.05, 0.1) is 21.7 Å². The van der Waals surface area contributed by atoms with Crippen LogP contribution in [0.1, 0.15) is 12.8 Å². The Balaban J connectivity index is 1.71. The third-order valence-corrected chi connectivity index (χ3v) is 4.60. The van der Waals surface area contributed by atoms with E-state index in [2.05, 4.69) is 10.6 Å². The first-order valence-electron chi connectivity index (χ1n) is 7.49. The van der Waals surface area contributed by atoms with E-state index in [1.54, 1.807) is 36.4 Å². The summed E-state index contributed by atoms with van der Waals surface area (Å²) in [7, 11) is 0. The number of thiocarbonyl (C=S) groups is 1. The Kier molecular flexibility index (Phi) is 8.25. The van der Waals surface area contributed by atoms with Crippen molar-refractivity contribution in [2.24, 2.45) is 0 Å². The average molecular weight is 452 g/mol. The molecule has 0 aromatic heterocycles. The molecule has 0 unspecified atom stereocenters. The molecule has 2 N–H and O–H groups in total. The quantitative estimate of drug-likeness (QED) is 0.419. The molecule has 0 bridgehead atoms. The summed E-state index contributed by atoms with van der Waals surface area (Å²) in [5, 5.41) is 7.41. The molecule has 0 fully saturated rings. The van der Waals surface area contributed by atoms with Crippen LogP contribution in [0, 0.1) is 0 Å². The monoisotopic (exact) mass is 450 g/mol. The molecule has 0 spiro atoms. The summed E-state index contributed by atoms with van der Waals surface area (Å²) in [6.45, 7) is 0.335. The molecular formula is C17H14Cl4N2O2S. The third kappa shape index (κ3) is 6.82. The Hall–Kier alpha value is -1.24. The van der Waals surface area contributed by atoms with E-state index in [1.807, 2.05) is 0 Å². The SMILES string of the molecule is O=C(CCCOc1ccc(Cl)cc1Cl)NC(=S)Nc1ccc(Cl)c(Cl)c1. The maximum atomic E-state index is 11.9. The minimum absolute atomic E-state index is 0.176. The van der Waals surface area contributed by atoms with Crippen molar-refractivity contribution in [1.82, 2.24) is 5.32 Å². The molecule has 2 aromatic carbocycles. The van der Waals surface area contributed by atoms with Gasteiger partial charge in [-0.1, -0.05) is 46.4 Å². The minimum atomic E-state index is -0.228. The van der Waals surface area contributed by atoms with Gasteiger partial charge in [0.1, 0.15) is 5.75 Å². The Morgan fingerprint density at radius 2 is 1.77 bits per heavy atom. The van der Waals surface area contributed by atoms with Crippen molar-refractivity contribution in [3.05, 3.63) is 56.5 Å². The van der Waals surface area contributed by atoms with Crippen molar-refractivity contribution in [3.63, 3.8) is 0 Å². The zero-order valence-corrected chi connectivity index (χ0v) is 17.2. The molecule has 2 rings (SSSR count). The van der Waals surface area contributed by atoms with Crippen LogP contribution in [0.3, 0.4) is 0 Å². The van der Waals surface area contributed by atoms with Crippen LogP contribution in [-0.2, 0) is 4.79 Å². The lowest BCUT2D eigenvalue weighted by Crippen LogP contribution is -2.34. The van der Waals surface area contributed by atoms with Gasteiger partial charge < -0.3 is 15.4 Å². The summed E-state index contributed by atoms with van der Waals surface area (Å²) in [4.78, 5) is 11.9. The van der Waals surface area contributed by atoms with E-state index in [4.69, 9.17) is 63.4 Å². The van der Waals surface area contributed by atoms with Gasteiger partial charge in [-0.15, -0.1) is 0 Å². The second kappa shape index (κ2) is 10.2. The molecule has 2 aromatic rings. The lowest BCUT2D eigenvalue weighted by molar-refractivity contribution is -0.119. The van der Waals surface area contributed by atoms with Gasteiger partial charge in [0, 0.05) is 17.1 Å². The Bertz CT molecular complexity index is 817. The number of rotatable bonds is 6. The molecule has 0 aliphatic carbocycles. The molecule has 138 valence electrons. The van der Waals surface area contributed by atoms with E-state index in [9.17, 15) is 4.79 Å². The molecule has 4 nitrogen and oxygen atoms in total. The standard InChI is InChI=1S/C17H14Cl4N2O2S/c18-10-3-6-15(14(21)8-10)25-7-1-2-16(24)23-17(26)22-11-4-5-12(19)13(20)9-11/h3-6,8-9H,1-2,7H2,(H2,22,23,24,26). The van der Waals surface area contributed by atoms with Crippen LogP contribution >= 0.6 is 58.6 Å². The number of carbonyl (C=O) groups is 1. The Morgan fingerprint density at radius 1 is 1.00 bits per heavy atom. The van der Waals surface area contributed by atoms with E-state index in [1.165, 1.54) is 0 Å². The number of benzene rings is 2. The van der Waals surface area contributed by atoms with Crippen molar-refractivity contribution in [1.29, 1.82) is 0 Å². The smallest absolute Gasteiger partial charge is 0.226 e. The summed E-state index contributed by atoms with van der Waals surface area (Å²) in [6, 6.07) is 9.92. The van der Waals surface area contributed by atoms with Crippen molar-refractivity contribution < 1.29 is 9.53 Å². The predicted octanol–water partition coefficient (Wildman–Crippen LogP) is 5.97. The molecule has 1 amide bonds. The van der Waals surface area contributed by atoms with Crippen LogP contribution < -0.4 is 15.4 Å². The average Bonchev–Trinajstić information content (AvgIpc) is 2.56. The van der Waals surface area contributed by atoms with Crippen LogP contribution in [0.4, 0.5) is 5.69 Å². The van der Waals surface area contributed by atoms with E-state index in [-0.39, 0.29) is 17.4 Å². The van der Waals surface area contributed by atoms with E-state index in [0.29, 0.717) is 44.6 Å². The first-order chi connectivity index (χ1) is 12.3. The van der Waals surface area contributed by atoms with Gasteiger partial charge in [0.25, 0.3) is 0 Å². The van der Waals surface area contributed by atoms with Gasteiger partial charge in [-0.3, -0.25) is 4.79 Å². The highest BCUT2D eigenvalue weighted by molar-refractivity contribution is 7.80. The molecule has 0 aliphatic heterocycles. The minimum Gasteiger partial charge on any atom is -0.492 e. The summed E-state index contributed by atoms with van der Waals surface area (Å²) in [6.07, 6.45) is 0.745. The highest BCUT2D eigenvalue weighted by Crippen LogP contribution is 2.27. The van der Waals surface area contributed by atoms with Gasteiger partial charge in [0.15, 0.2) is 5.11 Å². The van der Waals surface area contributed by atoms with E-state index < -0.39 is 0 Å². The zero-order valence-electron chi connectivity index (χ0n) is 13.3. The third-order valence-electron chi connectivity index (χ3n) is 3.13. The Labute approximate surface area is 176 Å². The van der Waals surface area contributed by atoms with Crippen LogP contribution in [0.2, 0.25) is 20.1 Å². The fourth-order valence-corrected chi connectivity index (χ4v) is 2.93. The number of nitrogens with one attached hydrogen (secondary N) is 2. The van der Waals surface area contributed by atoms with Crippen LogP contribution in [0.25, 0.3) is 0 Å². The molecule has 0 saturated carbocycles. The van der Waals surface area contributed by atoms with Crippen molar-refractivity contribution in [2.45, 2.75) is 12.8 Å². The van der Waals surface area contributed by atoms with Crippen LogP contribution in [-0.4, -0.2) is 17.6 Å². The summed E-state index contributed by atoms with van der Waals surface area (Å²) >= 11 is 28.7. The number of anilines is 1. The molecule has 0 radical (unpaired) electrons. The number of carbonyl (C=O) groups excluding carboxylic acids is 1. The number of amides is 1. The summed E-state index contributed by atoms with van der Waals surface area (Å²) in [5.41, 5.74) is 0.630. The van der Waals surface area contributed by atoms with Gasteiger partial charge in [-0.05, 0) is 55.0 Å². The predicted molar refractivity (Wildman–Crippen MR) is 112 cm³/mol. The topological polar surface area (TPSA) is 50.4 Å². The highest BCUT2D eigenvalue weighted by atomic mass is 35.5. The molecule has 26 heavy (non-hydrogen) atoms. The molecule has 9 heteroatoms. The second-order valence-corrected chi connectivity index (χ2v) is 7.22. The van der Waals surface area contributed by atoms with Crippen molar-refractivity contribution in [2.75, 3.05) is 11.9 Å². The molecule has 0 heterocycles. The lowest BCUT2D eigenvalue weighted by atomic mass is 10.3. The first kappa shape index (κ1) is 21.1. The van der Waals surface area contributed by atoms with Gasteiger partial charge in [-0.2, -0.15) is 0 Å². The van der Waals surface area contributed by atoms with Crippen LogP contribution in [0.5, 0.6) is 5.75 Å².